The lowest BCUT2D eigenvalue weighted by atomic mass is 9.94. The number of esters is 1. The Morgan fingerprint density at radius 1 is 0.852 bits per heavy atom. The summed E-state index contributed by atoms with van der Waals surface area (Å²) in [5, 5.41) is 3.06. The summed E-state index contributed by atoms with van der Waals surface area (Å²) in [7, 11) is 1.31. The maximum Gasteiger partial charge on any atom is 0.337 e. The summed E-state index contributed by atoms with van der Waals surface area (Å²) in [6.07, 6.45) is 0. The Morgan fingerprint density at radius 2 is 1.44 bits per heavy atom. The molecule has 0 unspecified atom stereocenters. The van der Waals surface area contributed by atoms with E-state index in [2.05, 4.69) is 5.32 Å². The fourth-order valence-corrected chi connectivity index (χ4v) is 3.19. The van der Waals surface area contributed by atoms with Crippen LogP contribution in [0.1, 0.15) is 37.9 Å². The van der Waals surface area contributed by atoms with E-state index < -0.39 is 5.97 Å². The Balaban J connectivity index is 1.69. The van der Waals surface area contributed by atoms with Gasteiger partial charge in [0.2, 0.25) is 0 Å². The molecule has 1 amide bonds. The second kappa shape index (κ2) is 6.96. The molecule has 5 heteroatoms. The van der Waals surface area contributed by atoms with Crippen LogP contribution in [0.4, 0.5) is 0 Å². The Labute approximate surface area is 156 Å². The van der Waals surface area contributed by atoms with Crippen molar-refractivity contribution in [3.05, 3.63) is 95.1 Å². The number of nitrogens with one attached hydrogen (secondary N) is 1. The molecule has 1 N–H and O–H groups in total. The van der Waals surface area contributed by atoms with Crippen LogP contribution >= 0.6 is 0 Å². The molecule has 0 fully saturated rings. The van der Waals surface area contributed by atoms with E-state index in [0.717, 1.165) is 11.1 Å². The number of carbonyl (C=O) groups excluding carboxylic acids is 2. The van der Waals surface area contributed by atoms with Crippen molar-refractivity contribution < 1.29 is 19.1 Å². The van der Waals surface area contributed by atoms with E-state index in [1.165, 1.54) is 13.2 Å². The molecule has 0 bridgehead atoms. The van der Waals surface area contributed by atoms with Gasteiger partial charge in [-0.1, -0.05) is 42.5 Å². The molecule has 0 atom stereocenters. The lowest BCUT2D eigenvalue weighted by Crippen LogP contribution is -2.31. The molecule has 27 heavy (non-hydrogen) atoms. The molecule has 4 rings (SSSR count). The average molecular weight is 359 g/mol. The van der Waals surface area contributed by atoms with Crippen molar-refractivity contribution in [3.8, 4) is 11.5 Å². The highest BCUT2D eigenvalue weighted by molar-refractivity contribution is 5.98. The number of hydrogen-bond donors (Lipinski definition) is 1. The second-order valence-electron chi connectivity index (χ2n) is 6.16. The van der Waals surface area contributed by atoms with Crippen LogP contribution in [0, 0.1) is 0 Å². The zero-order valence-corrected chi connectivity index (χ0v) is 14.6. The number of carbonyl (C=O) groups is 2. The van der Waals surface area contributed by atoms with Gasteiger partial charge >= 0.3 is 5.97 Å². The van der Waals surface area contributed by atoms with Crippen LogP contribution in [-0.4, -0.2) is 19.0 Å². The lowest BCUT2D eigenvalue weighted by molar-refractivity contribution is 0.0600. The maximum atomic E-state index is 12.9. The monoisotopic (exact) mass is 359 g/mol. The van der Waals surface area contributed by atoms with Crippen LogP contribution in [0.3, 0.4) is 0 Å². The third-order valence-corrected chi connectivity index (χ3v) is 4.50. The van der Waals surface area contributed by atoms with Gasteiger partial charge in [0, 0.05) is 16.7 Å². The van der Waals surface area contributed by atoms with E-state index in [9.17, 15) is 9.59 Å². The van der Waals surface area contributed by atoms with Crippen LogP contribution < -0.4 is 10.1 Å². The molecule has 0 saturated carbocycles. The van der Waals surface area contributed by atoms with Crippen LogP contribution in [-0.2, 0) is 4.74 Å². The highest BCUT2D eigenvalue weighted by Gasteiger charge is 2.28. The molecule has 3 aromatic carbocycles. The number of fused-ring (bicyclic) bond motifs is 2. The van der Waals surface area contributed by atoms with Crippen molar-refractivity contribution in [1.82, 2.24) is 5.32 Å². The molecule has 0 spiro atoms. The molecule has 1 aliphatic heterocycles. The van der Waals surface area contributed by atoms with Gasteiger partial charge < -0.3 is 14.8 Å². The summed E-state index contributed by atoms with van der Waals surface area (Å²) in [6.45, 7) is 0. The Kier molecular flexibility index (Phi) is 4.34. The molecular formula is C22H17NO4. The van der Waals surface area contributed by atoms with E-state index in [-0.39, 0.29) is 11.9 Å². The first-order valence-corrected chi connectivity index (χ1v) is 8.52. The van der Waals surface area contributed by atoms with Gasteiger partial charge in [-0.15, -0.1) is 0 Å². The molecule has 0 aliphatic carbocycles. The summed E-state index contributed by atoms with van der Waals surface area (Å²) < 4.78 is 10.7. The number of amides is 1. The second-order valence-corrected chi connectivity index (χ2v) is 6.16. The van der Waals surface area contributed by atoms with E-state index in [0.29, 0.717) is 22.6 Å². The highest BCUT2D eigenvalue weighted by Crippen LogP contribution is 2.42. The SMILES string of the molecule is COC(=O)c1cccc(C(=O)NC2c3ccccc3Oc3ccccc32)c1. The zero-order chi connectivity index (χ0) is 18.8. The van der Waals surface area contributed by atoms with Crippen molar-refractivity contribution in [1.29, 1.82) is 0 Å². The molecule has 3 aromatic rings. The van der Waals surface area contributed by atoms with E-state index in [4.69, 9.17) is 9.47 Å². The fraction of sp³-hybridized carbons (Fsp3) is 0.0909. The van der Waals surface area contributed by atoms with Gasteiger partial charge in [0.25, 0.3) is 5.91 Å². The van der Waals surface area contributed by atoms with Crippen molar-refractivity contribution >= 4 is 11.9 Å². The largest absolute Gasteiger partial charge is 0.465 e. The number of benzene rings is 3. The molecule has 1 heterocycles. The predicted molar refractivity (Wildman–Crippen MR) is 100 cm³/mol. The third kappa shape index (κ3) is 3.15. The first-order chi connectivity index (χ1) is 13.2. The quantitative estimate of drug-likeness (QED) is 0.715. The van der Waals surface area contributed by atoms with E-state index >= 15 is 0 Å². The predicted octanol–water partition coefficient (Wildman–Crippen LogP) is 4.10. The summed E-state index contributed by atoms with van der Waals surface area (Å²) in [5.41, 5.74) is 2.49. The normalized spacial score (nSPS) is 12.3. The zero-order valence-electron chi connectivity index (χ0n) is 14.6. The summed E-state index contributed by atoms with van der Waals surface area (Å²) in [4.78, 5) is 24.6. The molecule has 5 nitrogen and oxygen atoms in total. The molecule has 134 valence electrons. The summed E-state index contributed by atoms with van der Waals surface area (Å²) in [5.74, 6) is 0.665. The minimum atomic E-state index is -0.480. The summed E-state index contributed by atoms with van der Waals surface area (Å²) >= 11 is 0. The minimum absolute atomic E-state index is 0.280. The van der Waals surface area contributed by atoms with Crippen molar-refractivity contribution in [2.24, 2.45) is 0 Å². The van der Waals surface area contributed by atoms with Crippen LogP contribution in [0.5, 0.6) is 11.5 Å². The van der Waals surface area contributed by atoms with E-state index in [1.807, 2.05) is 48.5 Å². The first kappa shape index (κ1) is 16.8. The van der Waals surface area contributed by atoms with E-state index in [1.54, 1.807) is 18.2 Å². The maximum absolute atomic E-state index is 12.9. The number of methoxy groups -OCH3 is 1. The van der Waals surface area contributed by atoms with Gasteiger partial charge in [-0.3, -0.25) is 4.79 Å². The Bertz CT molecular complexity index is 983. The highest BCUT2D eigenvalue weighted by atomic mass is 16.5. The minimum Gasteiger partial charge on any atom is -0.465 e. The van der Waals surface area contributed by atoms with Crippen molar-refractivity contribution in [3.63, 3.8) is 0 Å². The van der Waals surface area contributed by atoms with Gasteiger partial charge in [-0.25, -0.2) is 4.79 Å². The lowest BCUT2D eigenvalue weighted by Gasteiger charge is -2.28. The first-order valence-electron chi connectivity index (χ1n) is 8.52. The number of hydrogen-bond acceptors (Lipinski definition) is 4. The fourth-order valence-electron chi connectivity index (χ4n) is 3.19. The van der Waals surface area contributed by atoms with Crippen LogP contribution in [0.2, 0.25) is 0 Å². The number of para-hydroxylation sites is 2. The molecule has 0 radical (unpaired) electrons. The molecular weight excluding hydrogens is 342 g/mol. The van der Waals surface area contributed by atoms with Gasteiger partial charge in [0.15, 0.2) is 0 Å². The Hall–Kier alpha value is -3.60. The molecule has 0 aromatic heterocycles. The number of ether oxygens (including phenoxy) is 2. The van der Waals surface area contributed by atoms with Crippen LogP contribution in [0.15, 0.2) is 72.8 Å². The van der Waals surface area contributed by atoms with Gasteiger partial charge in [-0.2, -0.15) is 0 Å². The molecule has 1 aliphatic rings. The topological polar surface area (TPSA) is 64.6 Å². The van der Waals surface area contributed by atoms with Gasteiger partial charge in [-0.05, 0) is 30.3 Å². The summed E-state index contributed by atoms with van der Waals surface area (Å²) in [6, 6.07) is 21.3. The van der Waals surface area contributed by atoms with Gasteiger partial charge in [0.05, 0.1) is 18.7 Å². The van der Waals surface area contributed by atoms with Gasteiger partial charge in [0.1, 0.15) is 11.5 Å². The molecule has 0 saturated heterocycles. The smallest absolute Gasteiger partial charge is 0.337 e. The average Bonchev–Trinajstić information content (AvgIpc) is 2.73. The van der Waals surface area contributed by atoms with Crippen molar-refractivity contribution in [2.45, 2.75) is 6.04 Å². The standard InChI is InChI=1S/C22H17NO4/c1-26-22(25)15-8-6-7-14(13-15)21(24)23-20-16-9-2-4-11-18(16)27-19-12-5-3-10-17(19)20/h2-13,20H,1H3,(H,23,24). The van der Waals surface area contributed by atoms with Crippen LogP contribution in [0.25, 0.3) is 0 Å². The Morgan fingerprint density at radius 3 is 2.07 bits per heavy atom. The third-order valence-electron chi connectivity index (χ3n) is 4.50. The number of rotatable bonds is 3. The van der Waals surface area contributed by atoms with Crippen molar-refractivity contribution in [2.75, 3.05) is 7.11 Å².